The summed E-state index contributed by atoms with van der Waals surface area (Å²) in [5, 5.41) is 2.68. The number of likely N-dealkylation sites (N-methyl/N-ethyl adjacent to an activating group) is 1. The fourth-order valence-corrected chi connectivity index (χ4v) is 4.35. The number of aryl methyl sites for hydroxylation is 2. The van der Waals surface area contributed by atoms with Crippen LogP contribution in [0.1, 0.15) is 11.3 Å². The van der Waals surface area contributed by atoms with Gasteiger partial charge in [0.1, 0.15) is 11.6 Å². The fourth-order valence-electron chi connectivity index (χ4n) is 3.14. The molecule has 0 aliphatic carbocycles. The number of H-pyrrole nitrogens is 1. The van der Waals surface area contributed by atoms with Gasteiger partial charge in [-0.25, -0.2) is 13.4 Å². The van der Waals surface area contributed by atoms with Crippen molar-refractivity contribution >= 4 is 21.6 Å². The maximum Gasteiger partial charge on any atom is 0.251 e. The summed E-state index contributed by atoms with van der Waals surface area (Å²) in [5.41, 5.74) is 2.02. The van der Waals surface area contributed by atoms with E-state index in [0.717, 1.165) is 4.31 Å². The number of amides is 1. The highest BCUT2D eigenvalue weighted by Crippen LogP contribution is 2.23. The molecule has 32 heavy (non-hydrogen) atoms. The molecule has 3 rings (SSSR count). The maximum absolute atomic E-state index is 12.8. The SMILES string of the molecule is COc1ccc(S(=O)(=O)N(C)CC(=O)Nc2cccc(-c3nc(C)cc(=O)[nH]3)c2)cc1C. The molecule has 0 atom stereocenters. The topological polar surface area (TPSA) is 121 Å². The lowest BCUT2D eigenvalue weighted by atomic mass is 10.2. The highest BCUT2D eigenvalue weighted by atomic mass is 32.2. The summed E-state index contributed by atoms with van der Waals surface area (Å²) in [6.07, 6.45) is 0. The van der Waals surface area contributed by atoms with E-state index in [-0.39, 0.29) is 17.0 Å². The molecule has 9 nitrogen and oxygen atoms in total. The van der Waals surface area contributed by atoms with E-state index >= 15 is 0 Å². The summed E-state index contributed by atoms with van der Waals surface area (Å²) in [4.78, 5) is 31.2. The first-order valence-corrected chi connectivity index (χ1v) is 11.1. The van der Waals surface area contributed by atoms with Gasteiger partial charge in [-0.05, 0) is 49.7 Å². The van der Waals surface area contributed by atoms with Crippen LogP contribution >= 0.6 is 0 Å². The molecular weight excluding hydrogens is 432 g/mol. The Bertz CT molecular complexity index is 1320. The van der Waals surface area contributed by atoms with Crippen LogP contribution in [-0.2, 0) is 14.8 Å². The van der Waals surface area contributed by atoms with Crippen molar-refractivity contribution in [2.24, 2.45) is 0 Å². The largest absolute Gasteiger partial charge is 0.496 e. The molecule has 0 unspecified atom stereocenters. The highest BCUT2D eigenvalue weighted by molar-refractivity contribution is 7.89. The lowest BCUT2D eigenvalue weighted by molar-refractivity contribution is -0.116. The molecule has 0 bridgehead atoms. The Morgan fingerprint density at radius 1 is 1.16 bits per heavy atom. The van der Waals surface area contributed by atoms with Gasteiger partial charge in [-0.15, -0.1) is 0 Å². The number of methoxy groups -OCH3 is 1. The molecule has 168 valence electrons. The van der Waals surface area contributed by atoms with E-state index in [0.29, 0.717) is 34.1 Å². The van der Waals surface area contributed by atoms with Gasteiger partial charge < -0.3 is 15.0 Å². The summed E-state index contributed by atoms with van der Waals surface area (Å²) in [7, 11) is -1.02. The average molecular weight is 457 g/mol. The Hall–Kier alpha value is -3.50. The molecule has 1 amide bonds. The minimum atomic E-state index is -3.87. The third-order valence-corrected chi connectivity index (χ3v) is 6.53. The summed E-state index contributed by atoms with van der Waals surface area (Å²) >= 11 is 0. The van der Waals surface area contributed by atoms with E-state index in [2.05, 4.69) is 15.3 Å². The Labute approximate surface area is 186 Å². The van der Waals surface area contributed by atoms with Crippen molar-refractivity contribution < 1.29 is 17.9 Å². The monoisotopic (exact) mass is 456 g/mol. The Kier molecular flexibility index (Phi) is 6.75. The van der Waals surface area contributed by atoms with E-state index < -0.39 is 15.9 Å². The first-order valence-electron chi connectivity index (χ1n) is 9.69. The molecule has 0 aliphatic rings. The van der Waals surface area contributed by atoms with Gasteiger partial charge in [0.15, 0.2) is 0 Å². The van der Waals surface area contributed by atoms with Crippen LogP contribution in [0.25, 0.3) is 11.4 Å². The number of aromatic nitrogens is 2. The standard InChI is InChI=1S/C22H24N4O5S/c1-14-10-18(8-9-19(14)31-4)32(29,30)26(3)13-21(28)24-17-7-5-6-16(12-17)22-23-15(2)11-20(27)25-22/h5-12H,13H2,1-4H3,(H,24,28)(H,23,25,27). The minimum absolute atomic E-state index is 0.0718. The average Bonchev–Trinajstić information content (AvgIpc) is 2.73. The van der Waals surface area contributed by atoms with E-state index in [1.807, 2.05) is 0 Å². The molecule has 0 fully saturated rings. The second-order valence-corrected chi connectivity index (χ2v) is 9.30. The number of anilines is 1. The number of nitrogens with zero attached hydrogens (tertiary/aromatic N) is 2. The molecule has 0 spiro atoms. The molecule has 10 heteroatoms. The Morgan fingerprint density at radius 3 is 2.56 bits per heavy atom. The summed E-state index contributed by atoms with van der Waals surface area (Å²) < 4.78 is 31.8. The predicted octanol–water partition coefficient (Wildman–Crippen LogP) is 2.32. The van der Waals surface area contributed by atoms with Crippen molar-refractivity contribution in [3.8, 4) is 17.1 Å². The van der Waals surface area contributed by atoms with Crippen molar-refractivity contribution in [2.75, 3.05) is 26.0 Å². The second-order valence-electron chi connectivity index (χ2n) is 7.26. The summed E-state index contributed by atoms with van der Waals surface area (Å²) in [5.74, 6) is 0.443. The Balaban J connectivity index is 1.74. The third-order valence-electron chi connectivity index (χ3n) is 4.73. The molecule has 0 radical (unpaired) electrons. The van der Waals surface area contributed by atoms with Crippen LogP contribution in [0.15, 0.2) is 58.2 Å². The lowest BCUT2D eigenvalue weighted by Gasteiger charge is -2.18. The van der Waals surface area contributed by atoms with Crippen molar-refractivity contribution in [1.29, 1.82) is 0 Å². The first-order chi connectivity index (χ1) is 15.1. The van der Waals surface area contributed by atoms with Crippen molar-refractivity contribution in [1.82, 2.24) is 14.3 Å². The zero-order chi connectivity index (χ0) is 23.5. The number of benzene rings is 2. The van der Waals surface area contributed by atoms with Gasteiger partial charge in [0.25, 0.3) is 5.56 Å². The van der Waals surface area contributed by atoms with E-state index in [4.69, 9.17) is 4.74 Å². The third kappa shape index (κ3) is 5.21. The molecule has 1 heterocycles. The van der Waals surface area contributed by atoms with Crippen molar-refractivity contribution in [3.05, 3.63) is 70.1 Å². The van der Waals surface area contributed by atoms with Crippen LogP contribution in [-0.4, -0.2) is 49.3 Å². The van der Waals surface area contributed by atoms with Crippen molar-refractivity contribution in [3.63, 3.8) is 0 Å². The number of sulfonamides is 1. The molecular formula is C22H24N4O5S. The van der Waals surface area contributed by atoms with E-state index in [9.17, 15) is 18.0 Å². The van der Waals surface area contributed by atoms with Crippen LogP contribution in [0, 0.1) is 13.8 Å². The lowest BCUT2D eigenvalue weighted by Crippen LogP contribution is -2.35. The van der Waals surface area contributed by atoms with Gasteiger partial charge in [0.05, 0.1) is 18.6 Å². The van der Waals surface area contributed by atoms with E-state index in [1.54, 1.807) is 44.2 Å². The van der Waals surface area contributed by atoms with Crippen LogP contribution in [0.2, 0.25) is 0 Å². The maximum atomic E-state index is 12.8. The molecule has 0 aliphatic heterocycles. The first kappa shape index (κ1) is 23.2. The normalized spacial score (nSPS) is 11.4. The van der Waals surface area contributed by atoms with Gasteiger partial charge in [-0.2, -0.15) is 4.31 Å². The molecule has 2 N–H and O–H groups in total. The number of carbonyl (C=O) groups excluding carboxylic acids is 1. The zero-order valence-corrected chi connectivity index (χ0v) is 19.0. The molecule has 1 aromatic heterocycles. The van der Waals surface area contributed by atoms with Crippen LogP contribution in [0.5, 0.6) is 5.75 Å². The number of rotatable bonds is 7. The van der Waals surface area contributed by atoms with Gasteiger partial charge in [-0.1, -0.05) is 12.1 Å². The number of hydrogen-bond donors (Lipinski definition) is 2. The molecule has 2 aromatic carbocycles. The number of hydrogen-bond acceptors (Lipinski definition) is 6. The zero-order valence-electron chi connectivity index (χ0n) is 18.2. The van der Waals surface area contributed by atoms with Crippen LogP contribution in [0.3, 0.4) is 0 Å². The second kappa shape index (κ2) is 9.33. The van der Waals surface area contributed by atoms with Crippen LogP contribution in [0.4, 0.5) is 5.69 Å². The Morgan fingerprint density at radius 2 is 1.91 bits per heavy atom. The van der Waals surface area contributed by atoms with Gasteiger partial charge >= 0.3 is 0 Å². The van der Waals surface area contributed by atoms with Crippen LogP contribution < -0.4 is 15.6 Å². The number of nitrogens with one attached hydrogen (secondary N) is 2. The molecule has 0 saturated carbocycles. The highest BCUT2D eigenvalue weighted by Gasteiger charge is 2.23. The van der Waals surface area contributed by atoms with Crippen molar-refractivity contribution in [2.45, 2.75) is 18.7 Å². The number of ether oxygens (including phenoxy) is 1. The smallest absolute Gasteiger partial charge is 0.251 e. The summed E-state index contributed by atoms with van der Waals surface area (Å²) in [6, 6.07) is 12.7. The quantitative estimate of drug-likeness (QED) is 0.563. The summed E-state index contributed by atoms with van der Waals surface area (Å²) in [6.45, 7) is 3.08. The predicted molar refractivity (Wildman–Crippen MR) is 121 cm³/mol. The molecule has 0 saturated heterocycles. The minimum Gasteiger partial charge on any atom is -0.496 e. The number of aromatic amines is 1. The fraction of sp³-hybridized carbons (Fsp3) is 0.227. The van der Waals surface area contributed by atoms with Gasteiger partial charge in [0, 0.05) is 30.1 Å². The van der Waals surface area contributed by atoms with E-state index in [1.165, 1.54) is 32.4 Å². The number of carbonyl (C=O) groups is 1. The van der Waals surface area contributed by atoms with Gasteiger partial charge in [-0.3, -0.25) is 9.59 Å². The molecule has 3 aromatic rings. The van der Waals surface area contributed by atoms with Gasteiger partial charge in [0.2, 0.25) is 15.9 Å².